The van der Waals surface area contributed by atoms with Gasteiger partial charge in [-0.1, -0.05) is 61.4 Å². The first-order chi connectivity index (χ1) is 13.1. The van der Waals surface area contributed by atoms with Crippen LogP contribution in [0.2, 0.25) is 0 Å². The predicted molar refractivity (Wildman–Crippen MR) is 103 cm³/mol. The second-order valence-corrected chi connectivity index (χ2v) is 6.53. The van der Waals surface area contributed by atoms with Crippen molar-refractivity contribution in [2.75, 3.05) is 11.9 Å². The third-order valence-corrected chi connectivity index (χ3v) is 4.06. The van der Waals surface area contributed by atoms with E-state index in [1.807, 2.05) is 30.3 Å². The second kappa shape index (κ2) is 8.98. The monoisotopic (exact) mass is 365 g/mol. The lowest BCUT2D eigenvalue weighted by Crippen LogP contribution is -2.15. The van der Waals surface area contributed by atoms with Crippen molar-refractivity contribution < 1.29 is 13.9 Å². The first kappa shape index (κ1) is 18.6. The molecule has 3 rings (SSSR count). The largest absolute Gasteiger partial charge is 0.493 e. The summed E-state index contributed by atoms with van der Waals surface area (Å²) in [6, 6.07) is 17.8. The van der Waals surface area contributed by atoms with Crippen LogP contribution in [0.25, 0.3) is 0 Å². The number of benzene rings is 2. The summed E-state index contributed by atoms with van der Waals surface area (Å²) in [5, 5.41) is 10.5. The van der Waals surface area contributed by atoms with Crippen molar-refractivity contribution in [1.82, 2.24) is 10.2 Å². The van der Waals surface area contributed by atoms with E-state index in [1.54, 1.807) is 0 Å². The Morgan fingerprint density at radius 3 is 2.52 bits per heavy atom. The number of carbonyl (C=O) groups is 1. The third kappa shape index (κ3) is 5.67. The molecule has 0 saturated carbocycles. The van der Waals surface area contributed by atoms with Gasteiger partial charge in [-0.2, -0.15) is 0 Å². The highest BCUT2D eigenvalue weighted by molar-refractivity contribution is 5.88. The third-order valence-electron chi connectivity index (χ3n) is 4.06. The minimum absolute atomic E-state index is 0.105. The van der Waals surface area contributed by atoms with E-state index in [0.717, 1.165) is 11.3 Å². The van der Waals surface area contributed by atoms with Gasteiger partial charge in [0.1, 0.15) is 5.75 Å². The Morgan fingerprint density at radius 2 is 1.81 bits per heavy atom. The van der Waals surface area contributed by atoms with E-state index in [2.05, 4.69) is 53.6 Å². The van der Waals surface area contributed by atoms with E-state index in [0.29, 0.717) is 18.2 Å². The number of aromatic nitrogens is 2. The van der Waals surface area contributed by atoms with Crippen molar-refractivity contribution >= 4 is 11.9 Å². The molecule has 0 atom stereocenters. The molecule has 0 saturated heterocycles. The number of hydrogen-bond donors (Lipinski definition) is 1. The van der Waals surface area contributed by atoms with Crippen LogP contribution in [0.3, 0.4) is 0 Å². The summed E-state index contributed by atoms with van der Waals surface area (Å²) in [4.78, 5) is 12.0. The van der Waals surface area contributed by atoms with Crippen LogP contribution in [0.1, 0.15) is 43.2 Å². The average molecular weight is 365 g/mol. The van der Waals surface area contributed by atoms with Crippen molar-refractivity contribution in [3.8, 4) is 5.75 Å². The van der Waals surface area contributed by atoms with Gasteiger partial charge in [-0.05, 0) is 29.2 Å². The smallest absolute Gasteiger partial charge is 0.322 e. The van der Waals surface area contributed by atoms with Crippen molar-refractivity contribution in [2.45, 2.75) is 32.6 Å². The van der Waals surface area contributed by atoms with E-state index in [4.69, 9.17) is 9.15 Å². The molecule has 0 aliphatic rings. The molecule has 0 fully saturated rings. The fourth-order valence-electron chi connectivity index (χ4n) is 2.53. The van der Waals surface area contributed by atoms with Crippen LogP contribution in [0.4, 0.5) is 6.01 Å². The van der Waals surface area contributed by atoms with Gasteiger partial charge in [0.25, 0.3) is 0 Å². The van der Waals surface area contributed by atoms with Crippen molar-refractivity contribution in [1.29, 1.82) is 0 Å². The first-order valence-electron chi connectivity index (χ1n) is 8.99. The zero-order chi connectivity index (χ0) is 19.1. The summed E-state index contributed by atoms with van der Waals surface area (Å²) in [6.45, 7) is 4.60. The van der Waals surface area contributed by atoms with Crippen LogP contribution in [0.15, 0.2) is 59.0 Å². The number of carbonyl (C=O) groups excluding carboxylic acids is 1. The zero-order valence-electron chi connectivity index (χ0n) is 15.5. The summed E-state index contributed by atoms with van der Waals surface area (Å²) in [6.07, 6.45) is 0.724. The van der Waals surface area contributed by atoms with Crippen LogP contribution in [-0.4, -0.2) is 22.7 Å². The van der Waals surface area contributed by atoms with Crippen LogP contribution in [0, 0.1) is 0 Å². The van der Waals surface area contributed by atoms with Gasteiger partial charge >= 0.3 is 6.01 Å². The quantitative estimate of drug-likeness (QED) is 0.648. The van der Waals surface area contributed by atoms with Crippen LogP contribution in [0.5, 0.6) is 5.75 Å². The van der Waals surface area contributed by atoms with E-state index in [-0.39, 0.29) is 24.9 Å². The van der Waals surface area contributed by atoms with Crippen molar-refractivity contribution in [3.63, 3.8) is 0 Å². The van der Waals surface area contributed by atoms with Gasteiger partial charge in [0, 0.05) is 0 Å². The molecule has 27 heavy (non-hydrogen) atoms. The van der Waals surface area contributed by atoms with Crippen LogP contribution < -0.4 is 10.1 Å². The normalized spacial score (nSPS) is 10.8. The molecule has 0 aliphatic heterocycles. The molecule has 1 N–H and O–H groups in total. The van der Waals surface area contributed by atoms with Gasteiger partial charge in [-0.3, -0.25) is 10.1 Å². The minimum atomic E-state index is -0.234. The van der Waals surface area contributed by atoms with Crippen molar-refractivity contribution in [3.05, 3.63) is 71.6 Å². The molecule has 6 nitrogen and oxygen atoms in total. The molecule has 1 heterocycles. The van der Waals surface area contributed by atoms with Gasteiger partial charge in [0.05, 0.1) is 19.4 Å². The Kier molecular flexibility index (Phi) is 6.20. The maximum Gasteiger partial charge on any atom is 0.322 e. The summed E-state index contributed by atoms with van der Waals surface area (Å²) >= 11 is 0. The highest BCUT2D eigenvalue weighted by Gasteiger charge is 2.11. The highest BCUT2D eigenvalue weighted by atomic mass is 16.5. The predicted octanol–water partition coefficient (Wildman–Crippen LogP) is 4.19. The number of anilines is 1. The van der Waals surface area contributed by atoms with Gasteiger partial charge in [-0.15, -0.1) is 5.10 Å². The molecule has 140 valence electrons. The minimum Gasteiger partial charge on any atom is -0.493 e. The molecule has 6 heteroatoms. The lowest BCUT2D eigenvalue weighted by atomic mass is 10.0. The Labute approximate surface area is 158 Å². The average Bonchev–Trinajstić information content (AvgIpc) is 3.09. The number of nitrogens with zero attached hydrogens (tertiary/aromatic N) is 2. The standard InChI is InChI=1S/C21H23N3O3/c1-15(2)17-10-8-16(9-11-17)14-20-23-24-21(27-20)22-19(25)12-13-26-18-6-4-3-5-7-18/h3-11,15H,12-14H2,1-2H3,(H,22,24,25). The number of rotatable bonds is 8. The molecular formula is C21H23N3O3. The maximum atomic E-state index is 12.0. The van der Waals surface area contributed by atoms with E-state index in [9.17, 15) is 4.79 Å². The number of hydrogen-bond acceptors (Lipinski definition) is 5. The van der Waals surface area contributed by atoms with Crippen LogP contribution in [-0.2, 0) is 11.2 Å². The Bertz CT molecular complexity index is 858. The zero-order valence-corrected chi connectivity index (χ0v) is 15.5. The Morgan fingerprint density at radius 1 is 1.07 bits per heavy atom. The molecule has 2 aromatic carbocycles. The topological polar surface area (TPSA) is 77.2 Å². The van der Waals surface area contributed by atoms with Gasteiger partial charge in [-0.25, -0.2) is 0 Å². The lowest BCUT2D eigenvalue weighted by Gasteiger charge is -2.05. The molecule has 0 aliphatic carbocycles. The van der Waals surface area contributed by atoms with E-state index >= 15 is 0 Å². The lowest BCUT2D eigenvalue weighted by molar-refractivity contribution is -0.116. The Hall–Kier alpha value is -3.15. The molecule has 0 spiro atoms. The fourth-order valence-corrected chi connectivity index (χ4v) is 2.53. The molecule has 0 unspecified atom stereocenters. The van der Waals surface area contributed by atoms with Crippen molar-refractivity contribution in [2.24, 2.45) is 0 Å². The second-order valence-electron chi connectivity index (χ2n) is 6.53. The molecule has 3 aromatic rings. The highest BCUT2D eigenvalue weighted by Crippen LogP contribution is 2.17. The molecular weight excluding hydrogens is 342 g/mol. The molecule has 0 bridgehead atoms. The Balaban J connectivity index is 1.46. The SMILES string of the molecule is CC(C)c1ccc(Cc2nnc(NC(=O)CCOc3ccccc3)o2)cc1. The number of amides is 1. The molecule has 0 radical (unpaired) electrons. The summed E-state index contributed by atoms with van der Waals surface area (Å²) < 4.78 is 11.0. The first-order valence-corrected chi connectivity index (χ1v) is 8.99. The summed E-state index contributed by atoms with van der Waals surface area (Å²) in [7, 11) is 0. The fraction of sp³-hybridized carbons (Fsp3) is 0.286. The van der Waals surface area contributed by atoms with Crippen LogP contribution >= 0.6 is 0 Å². The molecule has 1 amide bonds. The molecule has 1 aromatic heterocycles. The maximum absolute atomic E-state index is 12.0. The number of nitrogens with one attached hydrogen (secondary N) is 1. The van der Waals surface area contributed by atoms with Gasteiger partial charge in [0.2, 0.25) is 11.8 Å². The van der Waals surface area contributed by atoms with E-state index < -0.39 is 0 Å². The van der Waals surface area contributed by atoms with Gasteiger partial charge < -0.3 is 9.15 Å². The number of para-hydroxylation sites is 1. The van der Waals surface area contributed by atoms with Gasteiger partial charge in [0.15, 0.2) is 0 Å². The van der Waals surface area contributed by atoms with E-state index in [1.165, 1.54) is 5.56 Å². The summed E-state index contributed by atoms with van der Waals surface area (Å²) in [5.41, 5.74) is 2.37. The number of ether oxygens (including phenoxy) is 1. The summed E-state index contributed by atoms with van der Waals surface area (Å²) in [5.74, 6) is 1.45.